The number of ether oxygens (including phenoxy) is 3. The van der Waals surface area contributed by atoms with Crippen LogP contribution in [0.25, 0.3) is 0 Å². The maximum absolute atomic E-state index is 12.8. The van der Waals surface area contributed by atoms with Crippen LogP contribution in [-0.2, 0) is 30.4 Å². The molecular weight excluding hydrogens is 338 g/mol. The Morgan fingerprint density at radius 3 is 2.15 bits per heavy atom. The highest BCUT2D eigenvalue weighted by Crippen LogP contribution is 2.36. The summed E-state index contributed by atoms with van der Waals surface area (Å²) in [6.45, 7) is 3.94. The first-order valence-corrected chi connectivity index (χ1v) is 8.20. The number of hydrogen-bond donors (Lipinski definition) is 0. The number of likely N-dealkylation sites (tertiary alicyclic amines) is 1. The molecule has 7 nitrogen and oxygen atoms in total. The normalized spacial score (nSPS) is 16.7. The first-order chi connectivity index (χ1) is 12.4. The Balaban J connectivity index is 2.55. The van der Waals surface area contributed by atoms with Gasteiger partial charge in [0.1, 0.15) is 5.75 Å². The van der Waals surface area contributed by atoms with Crippen LogP contribution in [-0.4, -0.2) is 49.6 Å². The lowest BCUT2D eigenvalue weighted by Gasteiger charge is -2.39. The maximum atomic E-state index is 12.8. The van der Waals surface area contributed by atoms with E-state index >= 15 is 0 Å². The Hall–Kier alpha value is -2.83. The molecule has 0 bridgehead atoms. The van der Waals surface area contributed by atoms with Gasteiger partial charge in [-0.1, -0.05) is 18.7 Å². The lowest BCUT2D eigenvalue weighted by Crippen LogP contribution is -2.62. The van der Waals surface area contributed by atoms with Crippen LogP contribution in [0.3, 0.4) is 0 Å². The summed E-state index contributed by atoms with van der Waals surface area (Å²) in [6.07, 6.45) is 1.03. The second-order valence-electron chi connectivity index (χ2n) is 5.98. The van der Waals surface area contributed by atoms with Crippen LogP contribution in [0.1, 0.15) is 24.8 Å². The van der Waals surface area contributed by atoms with Gasteiger partial charge >= 0.3 is 11.9 Å². The highest BCUT2D eigenvalue weighted by atomic mass is 16.5. The number of carbonyl (C=O) groups is 3. The first kappa shape index (κ1) is 19.5. The molecule has 1 aromatic carbocycles. The minimum absolute atomic E-state index is 0.0338. The van der Waals surface area contributed by atoms with Crippen molar-refractivity contribution in [3.05, 3.63) is 42.0 Å². The molecule has 1 aromatic rings. The van der Waals surface area contributed by atoms with Gasteiger partial charge in [-0.3, -0.25) is 4.79 Å². The van der Waals surface area contributed by atoms with Gasteiger partial charge in [0, 0.05) is 13.0 Å². The molecule has 0 atom stereocenters. The average Bonchev–Trinajstić information content (AvgIpc) is 2.78. The standard InChI is InChI=1S/C19H23NO6/c1-13-6-5-7-16(21)20(12-14-8-10-15(24-2)11-9-14)19(13,17(22)25-3)18(23)26-4/h8-11H,1,5-7,12H2,2-4H3. The van der Waals surface area contributed by atoms with E-state index in [0.717, 1.165) is 5.56 Å². The summed E-state index contributed by atoms with van der Waals surface area (Å²) in [5.41, 5.74) is -0.974. The van der Waals surface area contributed by atoms with E-state index in [2.05, 4.69) is 6.58 Å². The molecule has 1 amide bonds. The zero-order valence-electron chi connectivity index (χ0n) is 15.2. The molecule has 0 spiro atoms. The van der Waals surface area contributed by atoms with E-state index in [9.17, 15) is 14.4 Å². The molecule has 7 heteroatoms. The first-order valence-electron chi connectivity index (χ1n) is 8.20. The lowest BCUT2D eigenvalue weighted by molar-refractivity contribution is -0.173. The molecule has 0 saturated carbocycles. The summed E-state index contributed by atoms with van der Waals surface area (Å²) in [4.78, 5) is 39.4. The van der Waals surface area contributed by atoms with Crippen molar-refractivity contribution in [1.29, 1.82) is 0 Å². The Kier molecular flexibility index (Phi) is 6.02. The van der Waals surface area contributed by atoms with Gasteiger partial charge in [0.05, 0.1) is 21.3 Å². The van der Waals surface area contributed by atoms with Gasteiger partial charge in [-0.2, -0.15) is 0 Å². The summed E-state index contributed by atoms with van der Waals surface area (Å²) >= 11 is 0. The van der Waals surface area contributed by atoms with Crippen LogP contribution in [0.5, 0.6) is 5.75 Å². The summed E-state index contributed by atoms with van der Waals surface area (Å²) in [5.74, 6) is -1.43. The van der Waals surface area contributed by atoms with Crippen molar-refractivity contribution < 1.29 is 28.6 Å². The Bertz CT molecular complexity index is 693. The van der Waals surface area contributed by atoms with Crippen molar-refractivity contribution in [1.82, 2.24) is 4.90 Å². The fraction of sp³-hybridized carbons (Fsp3) is 0.421. The molecule has 0 unspecified atom stereocenters. The molecule has 1 aliphatic rings. The van der Waals surface area contributed by atoms with Gasteiger partial charge in [-0.15, -0.1) is 0 Å². The number of amides is 1. The van der Waals surface area contributed by atoms with E-state index in [0.29, 0.717) is 18.6 Å². The van der Waals surface area contributed by atoms with Crippen molar-refractivity contribution >= 4 is 17.8 Å². The Morgan fingerprint density at radius 1 is 1.08 bits per heavy atom. The van der Waals surface area contributed by atoms with Crippen LogP contribution in [0.4, 0.5) is 0 Å². The molecule has 140 valence electrons. The van der Waals surface area contributed by atoms with Gasteiger partial charge in [-0.25, -0.2) is 9.59 Å². The molecule has 26 heavy (non-hydrogen) atoms. The fourth-order valence-corrected chi connectivity index (χ4v) is 3.15. The number of hydrogen-bond acceptors (Lipinski definition) is 6. The van der Waals surface area contributed by atoms with Gasteiger partial charge in [0.15, 0.2) is 0 Å². The fourth-order valence-electron chi connectivity index (χ4n) is 3.15. The second kappa shape index (κ2) is 8.03. The van der Waals surface area contributed by atoms with Crippen molar-refractivity contribution in [2.45, 2.75) is 31.3 Å². The molecular formula is C19H23NO6. The molecule has 2 rings (SSSR count). The third-order valence-corrected chi connectivity index (χ3v) is 4.55. The minimum atomic E-state index is -1.99. The Labute approximate surface area is 152 Å². The number of rotatable bonds is 5. The van der Waals surface area contributed by atoms with Gasteiger partial charge < -0.3 is 19.1 Å². The van der Waals surface area contributed by atoms with Crippen LogP contribution in [0.2, 0.25) is 0 Å². The van der Waals surface area contributed by atoms with E-state index < -0.39 is 17.5 Å². The number of esters is 2. The number of nitrogens with zero attached hydrogens (tertiary/aromatic N) is 1. The number of methoxy groups -OCH3 is 3. The van der Waals surface area contributed by atoms with Crippen LogP contribution in [0.15, 0.2) is 36.4 Å². The molecule has 0 radical (unpaired) electrons. The van der Waals surface area contributed by atoms with E-state index in [-0.39, 0.29) is 24.4 Å². The number of carbonyl (C=O) groups excluding carboxylic acids is 3. The smallest absolute Gasteiger partial charge is 0.348 e. The van der Waals surface area contributed by atoms with Gasteiger partial charge in [-0.05, 0) is 36.1 Å². The molecule has 1 heterocycles. The Morgan fingerprint density at radius 2 is 1.65 bits per heavy atom. The highest BCUT2D eigenvalue weighted by Gasteiger charge is 2.58. The average molecular weight is 361 g/mol. The molecule has 0 aliphatic carbocycles. The van der Waals surface area contributed by atoms with E-state index in [1.54, 1.807) is 31.4 Å². The van der Waals surface area contributed by atoms with E-state index in [1.165, 1.54) is 19.1 Å². The van der Waals surface area contributed by atoms with E-state index in [1.807, 2.05) is 0 Å². The van der Waals surface area contributed by atoms with Crippen molar-refractivity contribution in [2.75, 3.05) is 21.3 Å². The summed E-state index contributed by atoms with van der Waals surface area (Å²) in [6, 6.07) is 7.01. The SMILES string of the molecule is C=C1CCCC(=O)N(Cc2ccc(OC)cc2)C1(C(=O)OC)C(=O)OC. The quantitative estimate of drug-likeness (QED) is 0.452. The topological polar surface area (TPSA) is 82.1 Å². The monoisotopic (exact) mass is 361 g/mol. The highest BCUT2D eigenvalue weighted by molar-refractivity contribution is 6.11. The predicted molar refractivity (Wildman–Crippen MR) is 93.3 cm³/mol. The minimum Gasteiger partial charge on any atom is -0.497 e. The molecule has 0 N–H and O–H groups in total. The van der Waals surface area contributed by atoms with Crippen molar-refractivity contribution in [3.8, 4) is 5.75 Å². The molecule has 1 fully saturated rings. The lowest BCUT2D eigenvalue weighted by atomic mass is 9.86. The summed E-state index contributed by atoms with van der Waals surface area (Å²) < 4.78 is 14.9. The molecule has 1 aliphatic heterocycles. The number of benzene rings is 1. The predicted octanol–water partition coefficient (Wildman–Crippen LogP) is 1.85. The summed E-state index contributed by atoms with van der Waals surface area (Å²) in [7, 11) is 3.89. The van der Waals surface area contributed by atoms with Crippen LogP contribution in [0, 0.1) is 0 Å². The van der Waals surface area contributed by atoms with Gasteiger partial charge in [0.25, 0.3) is 5.54 Å². The zero-order valence-corrected chi connectivity index (χ0v) is 15.2. The molecule has 1 saturated heterocycles. The summed E-state index contributed by atoms with van der Waals surface area (Å²) in [5, 5.41) is 0. The zero-order chi connectivity index (χ0) is 19.3. The van der Waals surface area contributed by atoms with E-state index in [4.69, 9.17) is 14.2 Å². The largest absolute Gasteiger partial charge is 0.497 e. The van der Waals surface area contributed by atoms with Crippen LogP contribution < -0.4 is 4.74 Å². The van der Waals surface area contributed by atoms with Crippen molar-refractivity contribution in [3.63, 3.8) is 0 Å². The van der Waals surface area contributed by atoms with Crippen molar-refractivity contribution in [2.24, 2.45) is 0 Å². The third kappa shape index (κ3) is 3.29. The second-order valence-corrected chi connectivity index (χ2v) is 5.98. The third-order valence-electron chi connectivity index (χ3n) is 4.55. The van der Waals surface area contributed by atoms with Gasteiger partial charge in [0.2, 0.25) is 5.91 Å². The van der Waals surface area contributed by atoms with Crippen LogP contribution >= 0.6 is 0 Å². The molecule has 0 aromatic heterocycles. The maximum Gasteiger partial charge on any atom is 0.348 e.